The normalized spacial score (nSPS) is 25.3. The molecular weight excluding hydrogens is 208 g/mol. The molecule has 0 radical (unpaired) electrons. The van der Waals surface area contributed by atoms with Crippen molar-refractivity contribution in [3.63, 3.8) is 0 Å². The van der Waals surface area contributed by atoms with Gasteiger partial charge in [0.05, 0.1) is 12.1 Å². The summed E-state index contributed by atoms with van der Waals surface area (Å²) < 4.78 is 1.46. The van der Waals surface area contributed by atoms with Gasteiger partial charge in [0, 0.05) is 0 Å². The smallest absolute Gasteiger partial charge is 0.242 e. The van der Waals surface area contributed by atoms with Gasteiger partial charge >= 0.3 is 0 Å². The van der Waals surface area contributed by atoms with Crippen LogP contribution < -0.4 is 5.32 Å². The number of aromatic nitrogens is 3. The van der Waals surface area contributed by atoms with Crippen LogP contribution in [0.2, 0.25) is 0 Å². The van der Waals surface area contributed by atoms with Crippen LogP contribution in [0.25, 0.3) is 0 Å². The van der Waals surface area contributed by atoms with Gasteiger partial charge in [0.1, 0.15) is 19.2 Å². The Hall–Kier alpha value is -1.43. The van der Waals surface area contributed by atoms with E-state index in [1.54, 1.807) is 0 Å². The molecule has 0 aliphatic heterocycles. The number of hydrogen-bond acceptors (Lipinski definition) is 4. The van der Waals surface area contributed by atoms with Gasteiger partial charge in [0.15, 0.2) is 0 Å². The molecule has 1 saturated carbocycles. The number of amides is 1. The third-order valence-corrected chi connectivity index (χ3v) is 2.85. The van der Waals surface area contributed by atoms with Crippen molar-refractivity contribution >= 4 is 5.91 Å². The Morgan fingerprint density at radius 3 is 3.00 bits per heavy atom. The highest BCUT2D eigenvalue weighted by atomic mass is 16.3. The van der Waals surface area contributed by atoms with E-state index in [2.05, 4.69) is 15.4 Å². The van der Waals surface area contributed by atoms with Gasteiger partial charge in [0.2, 0.25) is 5.91 Å². The maximum absolute atomic E-state index is 11.6. The molecule has 1 aliphatic rings. The molecule has 1 fully saturated rings. The van der Waals surface area contributed by atoms with Crippen LogP contribution in [0.5, 0.6) is 0 Å². The molecule has 0 saturated heterocycles. The predicted octanol–water partition coefficient (Wildman–Crippen LogP) is -0.302. The molecule has 1 aromatic rings. The maximum Gasteiger partial charge on any atom is 0.242 e. The van der Waals surface area contributed by atoms with Crippen molar-refractivity contribution in [1.82, 2.24) is 20.1 Å². The SMILES string of the molecule is O=C(Cn1cncn1)N[C@H]1CCCC[C@@H]1O. The van der Waals surface area contributed by atoms with Crippen molar-refractivity contribution in [2.24, 2.45) is 0 Å². The van der Waals surface area contributed by atoms with Crippen LogP contribution in [-0.2, 0) is 11.3 Å². The Balaban J connectivity index is 1.82. The van der Waals surface area contributed by atoms with Crippen molar-refractivity contribution < 1.29 is 9.90 Å². The average Bonchev–Trinajstić information content (AvgIpc) is 2.74. The molecule has 6 heteroatoms. The first-order valence-corrected chi connectivity index (χ1v) is 5.55. The lowest BCUT2D eigenvalue weighted by Gasteiger charge is -2.28. The van der Waals surface area contributed by atoms with Gasteiger partial charge in [-0.2, -0.15) is 5.10 Å². The first-order valence-electron chi connectivity index (χ1n) is 5.55. The lowest BCUT2D eigenvalue weighted by molar-refractivity contribution is -0.123. The second kappa shape index (κ2) is 5.07. The third kappa shape index (κ3) is 2.79. The van der Waals surface area contributed by atoms with E-state index in [1.807, 2.05) is 0 Å². The van der Waals surface area contributed by atoms with Crippen molar-refractivity contribution in [3.8, 4) is 0 Å². The van der Waals surface area contributed by atoms with Gasteiger partial charge in [-0.25, -0.2) is 9.67 Å². The number of aliphatic hydroxyl groups is 1. The zero-order chi connectivity index (χ0) is 11.4. The van der Waals surface area contributed by atoms with Crippen LogP contribution in [0.4, 0.5) is 0 Å². The van der Waals surface area contributed by atoms with Crippen molar-refractivity contribution in [1.29, 1.82) is 0 Å². The summed E-state index contributed by atoms with van der Waals surface area (Å²) >= 11 is 0. The van der Waals surface area contributed by atoms with E-state index in [0.29, 0.717) is 0 Å². The van der Waals surface area contributed by atoms with Crippen molar-refractivity contribution in [2.75, 3.05) is 0 Å². The minimum absolute atomic E-state index is 0.107. The maximum atomic E-state index is 11.6. The molecule has 0 unspecified atom stereocenters. The topological polar surface area (TPSA) is 80.0 Å². The Morgan fingerprint density at radius 1 is 1.50 bits per heavy atom. The second-order valence-electron chi connectivity index (χ2n) is 4.12. The van der Waals surface area contributed by atoms with E-state index < -0.39 is 6.10 Å². The fourth-order valence-corrected chi connectivity index (χ4v) is 1.99. The second-order valence-corrected chi connectivity index (χ2v) is 4.12. The van der Waals surface area contributed by atoms with Crippen LogP contribution in [0.3, 0.4) is 0 Å². The summed E-state index contributed by atoms with van der Waals surface area (Å²) in [7, 11) is 0. The van der Waals surface area contributed by atoms with Gasteiger partial charge in [-0.05, 0) is 12.8 Å². The number of nitrogens with zero attached hydrogens (tertiary/aromatic N) is 3. The molecule has 2 atom stereocenters. The molecule has 88 valence electrons. The first kappa shape index (κ1) is 11.1. The van der Waals surface area contributed by atoms with Crippen LogP contribution in [-0.4, -0.2) is 37.9 Å². The van der Waals surface area contributed by atoms with E-state index in [1.165, 1.54) is 17.3 Å². The zero-order valence-corrected chi connectivity index (χ0v) is 9.04. The Kier molecular flexibility index (Phi) is 3.51. The van der Waals surface area contributed by atoms with Crippen LogP contribution in [0.15, 0.2) is 12.7 Å². The number of rotatable bonds is 3. The van der Waals surface area contributed by atoms with Crippen LogP contribution in [0, 0.1) is 0 Å². The Morgan fingerprint density at radius 2 is 2.31 bits per heavy atom. The molecular formula is C10H16N4O2. The zero-order valence-electron chi connectivity index (χ0n) is 9.04. The third-order valence-electron chi connectivity index (χ3n) is 2.85. The van der Waals surface area contributed by atoms with Gasteiger partial charge in [-0.15, -0.1) is 0 Å². The molecule has 1 heterocycles. The molecule has 6 nitrogen and oxygen atoms in total. The summed E-state index contributed by atoms with van der Waals surface area (Å²) in [5, 5.41) is 16.4. The van der Waals surface area contributed by atoms with E-state index >= 15 is 0 Å². The summed E-state index contributed by atoms with van der Waals surface area (Å²) in [6, 6.07) is -0.107. The van der Waals surface area contributed by atoms with E-state index in [9.17, 15) is 9.90 Å². The number of aliphatic hydroxyl groups excluding tert-OH is 1. The largest absolute Gasteiger partial charge is 0.391 e. The van der Waals surface area contributed by atoms with Crippen molar-refractivity contribution in [2.45, 2.75) is 44.4 Å². The first-order chi connectivity index (χ1) is 7.75. The van der Waals surface area contributed by atoms with Gasteiger partial charge < -0.3 is 10.4 Å². The minimum Gasteiger partial charge on any atom is -0.391 e. The number of carbonyl (C=O) groups excluding carboxylic acids is 1. The molecule has 2 rings (SSSR count). The quantitative estimate of drug-likeness (QED) is 0.738. The highest BCUT2D eigenvalue weighted by Gasteiger charge is 2.24. The molecule has 0 bridgehead atoms. The summed E-state index contributed by atoms with van der Waals surface area (Å²) in [5.41, 5.74) is 0. The predicted molar refractivity (Wildman–Crippen MR) is 56.4 cm³/mol. The summed E-state index contributed by atoms with van der Waals surface area (Å²) in [4.78, 5) is 15.4. The van der Waals surface area contributed by atoms with E-state index in [4.69, 9.17) is 0 Å². The molecule has 0 aromatic carbocycles. The molecule has 1 amide bonds. The van der Waals surface area contributed by atoms with Gasteiger partial charge in [-0.3, -0.25) is 4.79 Å². The number of hydrogen-bond donors (Lipinski definition) is 2. The monoisotopic (exact) mass is 224 g/mol. The van der Waals surface area contributed by atoms with Gasteiger partial charge in [-0.1, -0.05) is 12.8 Å². The van der Waals surface area contributed by atoms with Crippen LogP contribution in [0.1, 0.15) is 25.7 Å². The average molecular weight is 224 g/mol. The van der Waals surface area contributed by atoms with Crippen LogP contribution >= 0.6 is 0 Å². The van der Waals surface area contributed by atoms with E-state index in [-0.39, 0.29) is 18.5 Å². The fourth-order valence-electron chi connectivity index (χ4n) is 1.99. The molecule has 2 N–H and O–H groups in total. The highest BCUT2D eigenvalue weighted by Crippen LogP contribution is 2.18. The lowest BCUT2D eigenvalue weighted by atomic mass is 9.92. The number of carbonyl (C=O) groups is 1. The summed E-state index contributed by atoms with van der Waals surface area (Å²) in [6.07, 6.45) is 6.20. The summed E-state index contributed by atoms with van der Waals surface area (Å²) in [5.74, 6) is -0.128. The lowest BCUT2D eigenvalue weighted by Crippen LogP contribution is -2.46. The van der Waals surface area contributed by atoms with Crippen molar-refractivity contribution in [3.05, 3.63) is 12.7 Å². The standard InChI is InChI=1S/C10H16N4O2/c15-9-4-2-1-3-8(9)13-10(16)5-14-7-11-6-12-14/h6-9,15H,1-5H2,(H,13,16)/t8-,9-/m0/s1. The fraction of sp³-hybridized carbons (Fsp3) is 0.700. The molecule has 16 heavy (non-hydrogen) atoms. The molecule has 0 spiro atoms. The molecule has 1 aromatic heterocycles. The molecule has 1 aliphatic carbocycles. The Bertz CT molecular complexity index is 339. The van der Waals surface area contributed by atoms with E-state index in [0.717, 1.165) is 25.7 Å². The number of nitrogens with one attached hydrogen (secondary N) is 1. The summed E-state index contributed by atoms with van der Waals surface area (Å²) in [6.45, 7) is 0.156. The highest BCUT2D eigenvalue weighted by molar-refractivity contribution is 5.76. The Labute approximate surface area is 93.7 Å². The van der Waals surface area contributed by atoms with Gasteiger partial charge in [0.25, 0.3) is 0 Å². The minimum atomic E-state index is -0.409.